The van der Waals surface area contributed by atoms with Crippen LogP contribution in [0.15, 0.2) is 22.7 Å². The Hall–Kier alpha value is -0.910. The van der Waals surface area contributed by atoms with Crippen molar-refractivity contribution in [3.8, 4) is 0 Å². The van der Waals surface area contributed by atoms with Gasteiger partial charge in [0.1, 0.15) is 0 Å². The van der Waals surface area contributed by atoms with Crippen LogP contribution in [-0.4, -0.2) is 37.4 Å². The van der Waals surface area contributed by atoms with Crippen LogP contribution in [-0.2, 0) is 4.74 Å². The largest absolute Gasteiger partial charge is 0.394 e. The molecule has 0 aliphatic carbocycles. The lowest BCUT2D eigenvalue weighted by Crippen LogP contribution is -2.38. The molecule has 0 bridgehead atoms. The molecule has 5 heteroatoms. The van der Waals surface area contributed by atoms with Gasteiger partial charge in [0.25, 0.3) is 5.91 Å². The van der Waals surface area contributed by atoms with E-state index in [1.54, 1.807) is 7.11 Å². The zero-order valence-electron chi connectivity index (χ0n) is 10.6. The number of nitrogens with one attached hydrogen (secondary N) is 1. The molecule has 1 unspecified atom stereocenters. The van der Waals surface area contributed by atoms with E-state index in [0.29, 0.717) is 18.6 Å². The predicted octanol–water partition coefficient (Wildman–Crippen LogP) is 1.88. The third kappa shape index (κ3) is 4.40. The molecule has 0 heterocycles. The molecule has 4 nitrogen and oxygen atoms in total. The Balaban J connectivity index is 2.71. The Morgan fingerprint density at radius 2 is 2.28 bits per heavy atom. The van der Waals surface area contributed by atoms with Crippen molar-refractivity contribution in [2.24, 2.45) is 0 Å². The number of ether oxygens (including phenoxy) is 1. The molecule has 0 fully saturated rings. The summed E-state index contributed by atoms with van der Waals surface area (Å²) in [6.45, 7) is 2.33. The first-order valence-electron chi connectivity index (χ1n) is 5.75. The summed E-state index contributed by atoms with van der Waals surface area (Å²) >= 11 is 3.35. The molecule has 0 saturated carbocycles. The summed E-state index contributed by atoms with van der Waals surface area (Å²) in [6.07, 6.45) is 0.585. The third-order valence-corrected chi connectivity index (χ3v) is 3.28. The van der Waals surface area contributed by atoms with Crippen molar-refractivity contribution >= 4 is 21.8 Å². The fraction of sp³-hybridized carbons (Fsp3) is 0.462. The first-order valence-corrected chi connectivity index (χ1v) is 6.54. The molecule has 1 amide bonds. The molecule has 0 aliphatic rings. The van der Waals surface area contributed by atoms with Gasteiger partial charge in [0.2, 0.25) is 0 Å². The van der Waals surface area contributed by atoms with E-state index in [0.717, 1.165) is 10.0 Å². The minimum absolute atomic E-state index is 0.0987. The fourth-order valence-corrected chi connectivity index (χ4v) is 1.97. The number of hydrogen-bond acceptors (Lipinski definition) is 3. The van der Waals surface area contributed by atoms with Crippen LogP contribution in [0.5, 0.6) is 0 Å². The summed E-state index contributed by atoms with van der Waals surface area (Å²) in [4.78, 5) is 12.1. The van der Waals surface area contributed by atoms with Crippen molar-refractivity contribution in [1.29, 1.82) is 0 Å². The van der Waals surface area contributed by atoms with Gasteiger partial charge >= 0.3 is 0 Å². The van der Waals surface area contributed by atoms with Gasteiger partial charge in [-0.1, -0.05) is 11.6 Å². The Morgan fingerprint density at radius 1 is 1.56 bits per heavy atom. The van der Waals surface area contributed by atoms with Gasteiger partial charge in [-0.15, -0.1) is 0 Å². The Bertz CT molecular complexity index is 409. The van der Waals surface area contributed by atoms with Gasteiger partial charge in [-0.05, 0) is 41.4 Å². The molecule has 1 atom stereocenters. The SMILES string of the molecule is COCCC(CO)NC(=O)c1cc(C)ccc1Br. The molecule has 0 aromatic heterocycles. The number of aliphatic hydroxyl groups is 1. The van der Waals surface area contributed by atoms with Crippen LogP contribution in [0.4, 0.5) is 0 Å². The molecule has 2 N–H and O–H groups in total. The predicted molar refractivity (Wildman–Crippen MR) is 73.7 cm³/mol. The number of aryl methyl sites for hydroxylation is 1. The Morgan fingerprint density at radius 3 is 2.89 bits per heavy atom. The van der Waals surface area contributed by atoms with Crippen LogP contribution in [0.1, 0.15) is 22.3 Å². The standard InChI is InChI=1S/C13H18BrNO3/c1-9-3-4-12(14)11(7-9)13(17)15-10(8-16)5-6-18-2/h3-4,7,10,16H,5-6,8H2,1-2H3,(H,15,17). The minimum atomic E-state index is -0.287. The average molecular weight is 316 g/mol. The second kappa shape index (κ2) is 7.51. The van der Waals surface area contributed by atoms with Gasteiger partial charge in [0.05, 0.1) is 18.2 Å². The first-order chi connectivity index (χ1) is 8.58. The summed E-state index contributed by atoms with van der Waals surface area (Å²) < 4.78 is 5.68. The van der Waals surface area contributed by atoms with Gasteiger partial charge in [0, 0.05) is 18.2 Å². The van der Waals surface area contributed by atoms with Crippen molar-refractivity contribution in [3.63, 3.8) is 0 Å². The van der Waals surface area contributed by atoms with Crippen LogP contribution >= 0.6 is 15.9 Å². The van der Waals surface area contributed by atoms with Crippen LogP contribution in [0, 0.1) is 6.92 Å². The van der Waals surface area contributed by atoms with E-state index < -0.39 is 0 Å². The fourth-order valence-electron chi connectivity index (χ4n) is 1.55. The van der Waals surface area contributed by atoms with E-state index in [1.807, 2.05) is 25.1 Å². The lowest BCUT2D eigenvalue weighted by atomic mass is 10.1. The van der Waals surface area contributed by atoms with E-state index in [4.69, 9.17) is 4.74 Å². The van der Waals surface area contributed by atoms with Gasteiger partial charge in [-0.3, -0.25) is 4.79 Å². The lowest BCUT2D eigenvalue weighted by molar-refractivity contribution is 0.0894. The normalized spacial score (nSPS) is 12.2. The van der Waals surface area contributed by atoms with E-state index in [-0.39, 0.29) is 18.6 Å². The Kier molecular flexibility index (Phi) is 6.32. The van der Waals surface area contributed by atoms with Crippen LogP contribution in [0.2, 0.25) is 0 Å². The summed E-state index contributed by atoms with van der Waals surface area (Å²) in [5.41, 5.74) is 1.59. The topological polar surface area (TPSA) is 58.6 Å². The maximum absolute atomic E-state index is 12.1. The monoisotopic (exact) mass is 315 g/mol. The molecular weight excluding hydrogens is 298 g/mol. The molecule has 1 aromatic rings. The van der Waals surface area contributed by atoms with E-state index >= 15 is 0 Å². The van der Waals surface area contributed by atoms with Crippen LogP contribution < -0.4 is 5.32 Å². The van der Waals surface area contributed by atoms with Crippen molar-refractivity contribution in [1.82, 2.24) is 5.32 Å². The molecule has 0 aliphatic heterocycles. The number of carbonyl (C=O) groups is 1. The number of rotatable bonds is 6. The van der Waals surface area contributed by atoms with Gasteiger partial charge in [0.15, 0.2) is 0 Å². The zero-order chi connectivity index (χ0) is 13.5. The summed E-state index contributed by atoms with van der Waals surface area (Å²) in [6, 6.07) is 5.29. The highest BCUT2D eigenvalue weighted by Gasteiger charge is 2.15. The number of amides is 1. The average Bonchev–Trinajstić information content (AvgIpc) is 2.37. The van der Waals surface area contributed by atoms with Crippen LogP contribution in [0.25, 0.3) is 0 Å². The first kappa shape index (κ1) is 15.1. The summed E-state index contributed by atoms with van der Waals surface area (Å²) in [5.74, 6) is -0.194. The lowest BCUT2D eigenvalue weighted by Gasteiger charge is -2.16. The van der Waals surface area contributed by atoms with E-state index in [2.05, 4.69) is 21.2 Å². The van der Waals surface area contributed by atoms with Crippen LogP contribution in [0.3, 0.4) is 0 Å². The van der Waals surface area contributed by atoms with E-state index in [9.17, 15) is 9.90 Å². The maximum atomic E-state index is 12.1. The number of benzene rings is 1. The second-order valence-corrected chi connectivity index (χ2v) is 4.97. The number of aliphatic hydroxyl groups excluding tert-OH is 1. The molecule has 100 valence electrons. The van der Waals surface area contributed by atoms with Crippen molar-refractivity contribution in [2.75, 3.05) is 20.3 Å². The maximum Gasteiger partial charge on any atom is 0.252 e. The number of halogens is 1. The highest BCUT2D eigenvalue weighted by Crippen LogP contribution is 2.18. The molecule has 1 rings (SSSR count). The van der Waals surface area contributed by atoms with Crippen molar-refractivity contribution < 1.29 is 14.6 Å². The number of hydrogen-bond donors (Lipinski definition) is 2. The Labute approximate surface area is 115 Å². The van der Waals surface area contributed by atoms with Crippen molar-refractivity contribution in [3.05, 3.63) is 33.8 Å². The quantitative estimate of drug-likeness (QED) is 0.842. The highest BCUT2D eigenvalue weighted by atomic mass is 79.9. The number of carbonyl (C=O) groups excluding carboxylic acids is 1. The second-order valence-electron chi connectivity index (χ2n) is 4.12. The molecule has 1 aromatic carbocycles. The smallest absolute Gasteiger partial charge is 0.252 e. The zero-order valence-corrected chi connectivity index (χ0v) is 12.2. The van der Waals surface area contributed by atoms with Gasteiger partial charge in [-0.25, -0.2) is 0 Å². The van der Waals surface area contributed by atoms with Crippen molar-refractivity contribution in [2.45, 2.75) is 19.4 Å². The molecule has 0 saturated heterocycles. The van der Waals surface area contributed by atoms with Gasteiger partial charge in [-0.2, -0.15) is 0 Å². The van der Waals surface area contributed by atoms with E-state index in [1.165, 1.54) is 0 Å². The summed E-state index contributed by atoms with van der Waals surface area (Å²) in [7, 11) is 1.59. The number of methoxy groups -OCH3 is 1. The molecule has 18 heavy (non-hydrogen) atoms. The molecule has 0 radical (unpaired) electrons. The molecular formula is C13H18BrNO3. The highest BCUT2D eigenvalue weighted by molar-refractivity contribution is 9.10. The molecule has 0 spiro atoms. The minimum Gasteiger partial charge on any atom is -0.394 e. The van der Waals surface area contributed by atoms with Gasteiger partial charge < -0.3 is 15.2 Å². The summed E-state index contributed by atoms with van der Waals surface area (Å²) in [5, 5.41) is 12.0. The third-order valence-electron chi connectivity index (χ3n) is 2.59.